The number of hydrogen-bond donors (Lipinski definition) is 1. The maximum atomic E-state index is 13.4. The van der Waals surface area contributed by atoms with Crippen LogP contribution in [0.4, 0.5) is 10.1 Å². The van der Waals surface area contributed by atoms with Crippen LogP contribution in [0.5, 0.6) is 5.75 Å². The Balaban J connectivity index is 1.42. The number of amides is 1. The standard InChI is InChI=1S/C20H18FN3O6S/c21-12-3-6-17(24(26)27)18(8-12)29-11-15-5-4-13(30-15)9-16-19(25)23(20(31)22-16)10-14-2-1-7-28-14/h3-6,8-9,14H,1-2,7,10-11H2,(H,22,31)/b16-9+. The predicted octanol–water partition coefficient (Wildman–Crippen LogP) is 3.14. The minimum absolute atomic E-state index is 0.0257. The van der Waals surface area contributed by atoms with Crippen LogP contribution in [-0.4, -0.2) is 40.1 Å². The normalized spacial score (nSPS) is 19.8. The van der Waals surface area contributed by atoms with Gasteiger partial charge in [-0.2, -0.15) is 0 Å². The number of furan rings is 1. The molecule has 2 fully saturated rings. The summed E-state index contributed by atoms with van der Waals surface area (Å²) in [5.74, 6) is -0.423. The quantitative estimate of drug-likeness (QED) is 0.299. The van der Waals surface area contributed by atoms with Crippen LogP contribution in [0, 0.1) is 15.9 Å². The number of halogens is 1. The minimum Gasteiger partial charge on any atom is -0.479 e. The van der Waals surface area contributed by atoms with Gasteiger partial charge >= 0.3 is 5.69 Å². The number of benzene rings is 1. The molecule has 1 aromatic carbocycles. The molecule has 2 aromatic rings. The van der Waals surface area contributed by atoms with Gasteiger partial charge in [0.05, 0.1) is 17.6 Å². The number of carbonyl (C=O) groups excluding carboxylic acids is 1. The van der Waals surface area contributed by atoms with Crippen LogP contribution < -0.4 is 10.1 Å². The third kappa shape index (κ3) is 4.72. The number of nitrogens with one attached hydrogen (secondary N) is 1. The molecular formula is C20H18FN3O6S. The van der Waals surface area contributed by atoms with Gasteiger partial charge in [-0.3, -0.25) is 19.8 Å². The second-order valence-corrected chi connectivity index (χ2v) is 7.39. The van der Waals surface area contributed by atoms with E-state index >= 15 is 0 Å². The molecule has 31 heavy (non-hydrogen) atoms. The Morgan fingerprint density at radius 3 is 2.97 bits per heavy atom. The second kappa shape index (κ2) is 8.82. The Labute approximate surface area is 181 Å². The van der Waals surface area contributed by atoms with Gasteiger partial charge in [0.1, 0.15) is 29.6 Å². The zero-order valence-corrected chi connectivity index (χ0v) is 17.0. The highest BCUT2D eigenvalue weighted by Gasteiger charge is 2.33. The van der Waals surface area contributed by atoms with E-state index in [4.69, 9.17) is 26.1 Å². The highest BCUT2D eigenvalue weighted by atomic mass is 32.1. The van der Waals surface area contributed by atoms with Crippen molar-refractivity contribution in [1.82, 2.24) is 10.2 Å². The molecule has 11 heteroatoms. The maximum Gasteiger partial charge on any atom is 0.311 e. The summed E-state index contributed by atoms with van der Waals surface area (Å²) < 4.78 is 29.9. The molecule has 1 unspecified atom stereocenters. The molecule has 3 heterocycles. The Bertz CT molecular complexity index is 1060. The molecule has 1 aromatic heterocycles. The summed E-state index contributed by atoms with van der Waals surface area (Å²) in [5, 5.41) is 14.2. The molecule has 1 amide bonds. The lowest BCUT2D eigenvalue weighted by atomic mass is 10.2. The van der Waals surface area contributed by atoms with Crippen molar-refractivity contribution in [3.63, 3.8) is 0 Å². The SMILES string of the molecule is O=C1/C(=C\c2ccc(COc3cc(F)ccc3[N+](=O)[O-])o2)NC(=S)N1CC1CCCO1. The topological polar surface area (TPSA) is 107 Å². The van der Waals surface area contributed by atoms with Gasteiger partial charge in [0, 0.05) is 24.8 Å². The van der Waals surface area contributed by atoms with Gasteiger partial charge in [0.2, 0.25) is 0 Å². The van der Waals surface area contributed by atoms with E-state index in [0.717, 1.165) is 31.0 Å². The van der Waals surface area contributed by atoms with E-state index in [1.807, 2.05) is 0 Å². The predicted molar refractivity (Wildman–Crippen MR) is 110 cm³/mol. The third-order valence-corrected chi connectivity index (χ3v) is 5.15. The molecule has 0 spiro atoms. The van der Waals surface area contributed by atoms with Crippen molar-refractivity contribution in [1.29, 1.82) is 0 Å². The van der Waals surface area contributed by atoms with Crippen molar-refractivity contribution in [3.05, 3.63) is 63.5 Å². The van der Waals surface area contributed by atoms with E-state index in [2.05, 4.69) is 5.32 Å². The smallest absolute Gasteiger partial charge is 0.311 e. The van der Waals surface area contributed by atoms with Gasteiger partial charge in [0.15, 0.2) is 10.9 Å². The summed E-state index contributed by atoms with van der Waals surface area (Å²) in [7, 11) is 0. The van der Waals surface area contributed by atoms with Gasteiger partial charge in [-0.1, -0.05) is 0 Å². The number of ether oxygens (including phenoxy) is 2. The molecule has 162 valence electrons. The molecular weight excluding hydrogens is 429 g/mol. The molecule has 2 aliphatic rings. The fourth-order valence-electron chi connectivity index (χ4n) is 3.32. The number of nitro benzene ring substituents is 1. The van der Waals surface area contributed by atoms with Crippen LogP contribution in [0.15, 0.2) is 40.4 Å². The van der Waals surface area contributed by atoms with Crippen LogP contribution in [-0.2, 0) is 16.1 Å². The van der Waals surface area contributed by atoms with E-state index in [0.29, 0.717) is 29.8 Å². The van der Waals surface area contributed by atoms with Crippen molar-refractivity contribution in [2.75, 3.05) is 13.2 Å². The summed E-state index contributed by atoms with van der Waals surface area (Å²) >= 11 is 5.25. The van der Waals surface area contributed by atoms with Crippen molar-refractivity contribution < 1.29 is 28.0 Å². The van der Waals surface area contributed by atoms with Gasteiger partial charge < -0.3 is 19.2 Å². The van der Waals surface area contributed by atoms with Crippen molar-refractivity contribution in [3.8, 4) is 5.75 Å². The van der Waals surface area contributed by atoms with Crippen molar-refractivity contribution in [2.45, 2.75) is 25.6 Å². The van der Waals surface area contributed by atoms with E-state index in [-0.39, 0.29) is 35.8 Å². The average molecular weight is 447 g/mol. The summed E-state index contributed by atoms with van der Waals surface area (Å²) in [4.78, 5) is 24.5. The summed E-state index contributed by atoms with van der Waals surface area (Å²) in [6, 6.07) is 6.17. The van der Waals surface area contributed by atoms with Gasteiger partial charge in [0.25, 0.3) is 5.91 Å². The summed E-state index contributed by atoms with van der Waals surface area (Å²) in [6.07, 6.45) is 3.34. The molecule has 0 bridgehead atoms. The zero-order chi connectivity index (χ0) is 22.0. The monoisotopic (exact) mass is 447 g/mol. The highest BCUT2D eigenvalue weighted by Crippen LogP contribution is 2.28. The van der Waals surface area contributed by atoms with Crippen LogP contribution in [0.1, 0.15) is 24.4 Å². The average Bonchev–Trinajstić information content (AvgIpc) is 3.45. The molecule has 1 N–H and O–H groups in total. The fourth-order valence-corrected chi connectivity index (χ4v) is 3.59. The first-order valence-corrected chi connectivity index (χ1v) is 9.93. The van der Waals surface area contributed by atoms with E-state index in [1.165, 1.54) is 11.0 Å². The fraction of sp³-hybridized carbons (Fsp3) is 0.300. The number of nitro groups is 1. The molecule has 0 aliphatic carbocycles. The van der Waals surface area contributed by atoms with Gasteiger partial charge in [-0.25, -0.2) is 4.39 Å². The maximum absolute atomic E-state index is 13.4. The van der Waals surface area contributed by atoms with Crippen molar-refractivity contribution in [2.24, 2.45) is 0 Å². The second-order valence-electron chi connectivity index (χ2n) is 7.00. The van der Waals surface area contributed by atoms with E-state index in [9.17, 15) is 19.3 Å². The lowest BCUT2D eigenvalue weighted by molar-refractivity contribution is -0.386. The molecule has 1 atom stereocenters. The van der Waals surface area contributed by atoms with Crippen LogP contribution >= 0.6 is 12.2 Å². The molecule has 2 aliphatic heterocycles. The Morgan fingerprint density at radius 1 is 1.39 bits per heavy atom. The molecule has 4 rings (SSSR count). The minimum atomic E-state index is -0.657. The first-order chi connectivity index (χ1) is 14.9. The lowest BCUT2D eigenvalue weighted by Crippen LogP contribution is -2.37. The number of thiocarbonyl (C=S) groups is 1. The Morgan fingerprint density at radius 2 is 2.23 bits per heavy atom. The van der Waals surface area contributed by atoms with Crippen LogP contribution in [0.2, 0.25) is 0 Å². The molecule has 9 nitrogen and oxygen atoms in total. The van der Waals surface area contributed by atoms with Gasteiger partial charge in [-0.15, -0.1) is 0 Å². The number of carbonyl (C=O) groups is 1. The largest absolute Gasteiger partial charge is 0.479 e. The van der Waals surface area contributed by atoms with Crippen molar-refractivity contribution >= 4 is 35.0 Å². The van der Waals surface area contributed by atoms with Gasteiger partial charge in [-0.05, 0) is 43.3 Å². The first kappa shape index (κ1) is 20.9. The molecule has 2 saturated heterocycles. The molecule has 0 saturated carbocycles. The summed E-state index contributed by atoms with van der Waals surface area (Å²) in [6.45, 7) is 0.926. The zero-order valence-electron chi connectivity index (χ0n) is 16.2. The molecule has 0 radical (unpaired) electrons. The highest BCUT2D eigenvalue weighted by molar-refractivity contribution is 7.80. The number of nitrogens with zero attached hydrogens (tertiary/aromatic N) is 2. The Hall–Kier alpha value is -3.31. The van der Waals surface area contributed by atoms with E-state index in [1.54, 1.807) is 12.1 Å². The lowest BCUT2D eigenvalue weighted by Gasteiger charge is -2.18. The third-order valence-electron chi connectivity index (χ3n) is 4.83. The number of hydrogen-bond acceptors (Lipinski definition) is 7. The van der Waals surface area contributed by atoms with E-state index < -0.39 is 10.7 Å². The number of rotatable bonds is 7. The van der Waals surface area contributed by atoms with Crippen LogP contribution in [0.3, 0.4) is 0 Å². The Kier molecular flexibility index (Phi) is 5.96. The first-order valence-electron chi connectivity index (χ1n) is 9.52. The van der Waals surface area contributed by atoms with Crippen LogP contribution in [0.25, 0.3) is 6.08 Å². The summed E-state index contributed by atoms with van der Waals surface area (Å²) in [5.41, 5.74) is -0.0820.